The number of anilines is 2. The average Bonchev–Trinajstić information content (AvgIpc) is 2.86. The van der Waals surface area contributed by atoms with Crippen LogP contribution in [0.15, 0.2) is 30.6 Å². The molecule has 2 aromatic rings. The van der Waals surface area contributed by atoms with Crippen LogP contribution in [0.3, 0.4) is 0 Å². The van der Waals surface area contributed by atoms with Crippen LogP contribution >= 0.6 is 0 Å². The third kappa shape index (κ3) is 2.87. The van der Waals surface area contributed by atoms with E-state index in [1.165, 1.54) is 6.07 Å². The van der Waals surface area contributed by atoms with Crippen molar-refractivity contribution in [2.75, 3.05) is 11.1 Å². The lowest BCUT2D eigenvalue weighted by Crippen LogP contribution is -2.24. The zero-order valence-electron chi connectivity index (χ0n) is 10.9. The van der Waals surface area contributed by atoms with E-state index < -0.39 is 11.8 Å². The van der Waals surface area contributed by atoms with Gasteiger partial charge in [-0.1, -0.05) is 0 Å². The van der Waals surface area contributed by atoms with E-state index in [4.69, 9.17) is 10.8 Å². The minimum atomic E-state index is -1.27. The van der Waals surface area contributed by atoms with E-state index in [1.807, 2.05) is 6.92 Å². The summed E-state index contributed by atoms with van der Waals surface area (Å²) >= 11 is 0. The molecule has 1 aromatic carbocycles. The molecule has 0 bridgehead atoms. The number of aromatic carboxylic acids is 1. The van der Waals surface area contributed by atoms with Crippen molar-refractivity contribution in [1.29, 1.82) is 0 Å². The summed E-state index contributed by atoms with van der Waals surface area (Å²) in [5, 5.41) is 16.2. The van der Waals surface area contributed by atoms with Gasteiger partial charge in [0.2, 0.25) is 0 Å². The van der Waals surface area contributed by atoms with Gasteiger partial charge in [-0.3, -0.25) is 4.68 Å². The molecule has 1 atom stereocenters. The summed E-state index contributed by atoms with van der Waals surface area (Å²) in [6.45, 7) is 2.41. The molecule has 106 valence electrons. The van der Waals surface area contributed by atoms with E-state index in [0.717, 1.165) is 6.07 Å². The molecule has 6 nitrogen and oxygen atoms in total. The SMILES string of the molecule is CC(Cn1cccn1)Nc1ccc(F)c(N)c1C(=O)O. The smallest absolute Gasteiger partial charge is 0.340 e. The van der Waals surface area contributed by atoms with Gasteiger partial charge in [-0.25, -0.2) is 9.18 Å². The summed E-state index contributed by atoms with van der Waals surface area (Å²) in [4.78, 5) is 11.2. The molecule has 1 heterocycles. The Bertz CT molecular complexity index is 613. The molecule has 0 amide bonds. The Labute approximate surface area is 115 Å². The lowest BCUT2D eigenvalue weighted by atomic mass is 10.1. The van der Waals surface area contributed by atoms with Crippen LogP contribution in [-0.4, -0.2) is 26.9 Å². The van der Waals surface area contributed by atoms with Crippen LogP contribution in [-0.2, 0) is 6.54 Å². The van der Waals surface area contributed by atoms with Crippen molar-refractivity contribution >= 4 is 17.3 Å². The molecule has 0 spiro atoms. The topological polar surface area (TPSA) is 93.2 Å². The van der Waals surface area contributed by atoms with Crippen LogP contribution in [0.4, 0.5) is 15.8 Å². The number of nitrogens with two attached hydrogens (primary N) is 1. The van der Waals surface area contributed by atoms with Gasteiger partial charge in [-0.2, -0.15) is 5.10 Å². The highest BCUT2D eigenvalue weighted by Crippen LogP contribution is 2.25. The van der Waals surface area contributed by atoms with Gasteiger partial charge in [0.25, 0.3) is 0 Å². The van der Waals surface area contributed by atoms with E-state index in [9.17, 15) is 9.18 Å². The van der Waals surface area contributed by atoms with Gasteiger partial charge in [0.15, 0.2) is 0 Å². The molecule has 0 aliphatic heterocycles. The first-order valence-electron chi connectivity index (χ1n) is 6.04. The van der Waals surface area contributed by atoms with Crippen molar-refractivity contribution in [2.24, 2.45) is 0 Å². The second-order valence-corrected chi connectivity index (χ2v) is 4.46. The number of hydrogen-bond donors (Lipinski definition) is 3. The number of nitrogens with zero attached hydrogens (tertiary/aromatic N) is 2. The number of benzene rings is 1. The van der Waals surface area contributed by atoms with Gasteiger partial charge in [-0.15, -0.1) is 0 Å². The molecule has 20 heavy (non-hydrogen) atoms. The maximum Gasteiger partial charge on any atom is 0.340 e. The molecule has 0 saturated heterocycles. The lowest BCUT2D eigenvalue weighted by molar-refractivity contribution is 0.0698. The van der Waals surface area contributed by atoms with Crippen molar-refractivity contribution < 1.29 is 14.3 Å². The molecule has 0 aliphatic carbocycles. The molecule has 2 rings (SSSR count). The molecule has 1 unspecified atom stereocenters. The number of carbonyl (C=O) groups is 1. The highest BCUT2D eigenvalue weighted by atomic mass is 19.1. The predicted octanol–water partition coefficient (Wildman–Crippen LogP) is 1.80. The fourth-order valence-electron chi connectivity index (χ4n) is 1.94. The summed E-state index contributed by atoms with van der Waals surface area (Å²) in [6.07, 6.45) is 3.46. The summed E-state index contributed by atoms with van der Waals surface area (Å²) in [6, 6.07) is 4.21. The number of aromatic nitrogens is 2. The van der Waals surface area contributed by atoms with E-state index in [2.05, 4.69) is 10.4 Å². The average molecular weight is 278 g/mol. The molecule has 0 radical (unpaired) electrons. The van der Waals surface area contributed by atoms with Crippen molar-refractivity contribution in [3.63, 3.8) is 0 Å². The Kier molecular flexibility index (Phi) is 3.88. The molecule has 0 fully saturated rings. The maximum atomic E-state index is 13.3. The van der Waals surface area contributed by atoms with Gasteiger partial charge >= 0.3 is 5.97 Å². The van der Waals surface area contributed by atoms with E-state index in [-0.39, 0.29) is 23.0 Å². The molecular weight excluding hydrogens is 263 g/mol. The van der Waals surface area contributed by atoms with E-state index >= 15 is 0 Å². The number of rotatable bonds is 5. The number of nitrogen functional groups attached to an aromatic ring is 1. The Morgan fingerprint density at radius 3 is 2.95 bits per heavy atom. The third-order valence-corrected chi connectivity index (χ3v) is 2.83. The molecule has 7 heteroatoms. The molecular formula is C13H15FN4O2. The fourth-order valence-corrected chi connectivity index (χ4v) is 1.94. The number of halogens is 1. The first-order chi connectivity index (χ1) is 9.49. The first-order valence-corrected chi connectivity index (χ1v) is 6.04. The fraction of sp³-hybridized carbons (Fsp3) is 0.231. The number of hydrogen-bond acceptors (Lipinski definition) is 4. The summed E-state index contributed by atoms with van der Waals surface area (Å²) in [7, 11) is 0. The third-order valence-electron chi connectivity index (χ3n) is 2.83. The predicted molar refractivity (Wildman–Crippen MR) is 73.1 cm³/mol. The normalized spacial score (nSPS) is 12.1. The van der Waals surface area contributed by atoms with E-state index in [0.29, 0.717) is 6.54 Å². The number of carboxylic acids is 1. The zero-order valence-corrected chi connectivity index (χ0v) is 10.9. The minimum Gasteiger partial charge on any atom is -0.478 e. The monoisotopic (exact) mass is 278 g/mol. The highest BCUT2D eigenvalue weighted by Gasteiger charge is 2.18. The van der Waals surface area contributed by atoms with E-state index in [1.54, 1.807) is 23.1 Å². The van der Waals surface area contributed by atoms with Crippen molar-refractivity contribution in [1.82, 2.24) is 9.78 Å². The van der Waals surface area contributed by atoms with Gasteiger partial charge in [-0.05, 0) is 25.1 Å². The van der Waals surface area contributed by atoms with Crippen LogP contribution < -0.4 is 11.1 Å². The van der Waals surface area contributed by atoms with Gasteiger partial charge in [0, 0.05) is 18.4 Å². The van der Waals surface area contributed by atoms with Gasteiger partial charge < -0.3 is 16.2 Å². The Morgan fingerprint density at radius 1 is 1.60 bits per heavy atom. The van der Waals surface area contributed by atoms with Crippen LogP contribution in [0.2, 0.25) is 0 Å². The Hall–Kier alpha value is -2.57. The first kappa shape index (κ1) is 13.9. The lowest BCUT2D eigenvalue weighted by Gasteiger charge is -2.18. The quantitative estimate of drug-likeness (QED) is 0.725. The van der Waals surface area contributed by atoms with Crippen LogP contribution in [0.25, 0.3) is 0 Å². The number of carboxylic acid groups (broad SMARTS) is 1. The highest BCUT2D eigenvalue weighted by molar-refractivity contribution is 6.00. The molecule has 1 aromatic heterocycles. The van der Waals surface area contributed by atoms with Crippen LogP contribution in [0.1, 0.15) is 17.3 Å². The molecule has 4 N–H and O–H groups in total. The van der Waals surface area contributed by atoms with Crippen molar-refractivity contribution in [3.8, 4) is 0 Å². The standard InChI is InChI=1S/C13H15FN4O2/c1-8(7-18-6-2-5-16-18)17-10-4-3-9(14)12(15)11(10)13(19)20/h2-6,8,17H,7,15H2,1H3,(H,19,20). The second kappa shape index (κ2) is 5.60. The Balaban J connectivity index is 2.20. The largest absolute Gasteiger partial charge is 0.478 e. The van der Waals surface area contributed by atoms with Crippen LogP contribution in [0, 0.1) is 5.82 Å². The summed E-state index contributed by atoms with van der Waals surface area (Å²) < 4.78 is 15.0. The number of nitrogens with one attached hydrogen (secondary N) is 1. The van der Waals surface area contributed by atoms with Crippen LogP contribution in [0.5, 0.6) is 0 Å². The zero-order chi connectivity index (χ0) is 14.7. The molecule has 0 aliphatic rings. The maximum absolute atomic E-state index is 13.3. The van der Waals surface area contributed by atoms with Crippen molar-refractivity contribution in [3.05, 3.63) is 42.0 Å². The second-order valence-electron chi connectivity index (χ2n) is 4.46. The van der Waals surface area contributed by atoms with Gasteiger partial charge in [0.05, 0.1) is 17.9 Å². The van der Waals surface area contributed by atoms with Crippen molar-refractivity contribution in [2.45, 2.75) is 19.5 Å². The molecule has 0 saturated carbocycles. The summed E-state index contributed by atoms with van der Waals surface area (Å²) in [5.41, 5.74) is 5.15. The Morgan fingerprint density at radius 2 is 2.35 bits per heavy atom. The summed E-state index contributed by atoms with van der Waals surface area (Å²) in [5.74, 6) is -2.01. The minimum absolute atomic E-state index is 0.0992. The van der Waals surface area contributed by atoms with Gasteiger partial charge in [0.1, 0.15) is 11.4 Å².